The number of hydrogen-bond donors (Lipinski definition) is 0. The molecule has 2 nitrogen and oxygen atoms in total. The van der Waals surface area contributed by atoms with Gasteiger partial charge >= 0.3 is 0 Å². The molecule has 0 bridgehead atoms. The number of ether oxygens (including phenoxy) is 1. The third kappa shape index (κ3) is 3.98. The van der Waals surface area contributed by atoms with Gasteiger partial charge in [-0.1, -0.05) is 13.8 Å². The van der Waals surface area contributed by atoms with E-state index in [1.165, 1.54) is 18.6 Å². The monoisotopic (exact) mass is 251 g/mol. The van der Waals surface area contributed by atoms with Crippen LogP contribution in [0.5, 0.6) is 5.75 Å². The molecular formula is C15H22FNO. The number of likely N-dealkylation sites (tertiary alicyclic amines) is 1. The molecule has 0 spiro atoms. The van der Waals surface area contributed by atoms with Crippen LogP contribution in [-0.2, 0) is 0 Å². The van der Waals surface area contributed by atoms with E-state index >= 15 is 0 Å². The van der Waals surface area contributed by atoms with Crippen LogP contribution < -0.4 is 4.74 Å². The number of nitrogens with zero attached hydrogens (tertiary/aromatic N) is 1. The molecule has 1 aromatic carbocycles. The normalized spacial score (nSPS) is 25.1. The fourth-order valence-electron chi connectivity index (χ4n) is 2.80. The number of rotatable bonds is 4. The summed E-state index contributed by atoms with van der Waals surface area (Å²) in [5, 5.41) is 0. The van der Waals surface area contributed by atoms with Crippen molar-refractivity contribution in [3.8, 4) is 5.75 Å². The molecule has 1 aliphatic rings. The second-order valence-corrected chi connectivity index (χ2v) is 5.51. The van der Waals surface area contributed by atoms with Crippen molar-refractivity contribution in [1.29, 1.82) is 0 Å². The molecule has 3 heteroatoms. The lowest BCUT2D eigenvalue weighted by Gasteiger charge is -2.34. The van der Waals surface area contributed by atoms with Crippen LogP contribution in [0.15, 0.2) is 24.3 Å². The van der Waals surface area contributed by atoms with Crippen LogP contribution in [0.4, 0.5) is 4.39 Å². The van der Waals surface area contributed by atoms with E-state index < -0.39 is 0 Å². The van der Waals surface area contributed by atoms with Gasteiger partial charge < -0.3 is 4.74 Å². The second-order valence-electron chi connectivity index (χ2n) is 5.51. The van der Waals surface area contributed by atoms with Gasteiger partial charge in [-0.05, 0) is 42.5 Å². The molecule has 1 aliphatic heterocycles. The maximum atomic E-state index is 12.7. The summed E-state index contributed by atoms with van der Waals surface area (Å²) in [4.78, 5) is 2.46. The summed E-state index contributed by atoms with van der Waals surface area (Å²) in [5.41, 5.74) is 0. The van der Waals surface area contributed by atoms with E-state index in [0.29, 0.717) is 6.61 Å². The summed E-state index contributed by atoms with van der Waals surface area (Å²) in [5.74, 6) is 2.08. The SMILES string of the molecule is CC1CC(C)CN(CCOc2ccc(F)cc2)C1. The summed E-state index contributed by atoms with van der Waals surface area (Å²) in [6.07, 6.45) is 1.33. The van der Waals surface area contributed by atoms with Gasteiger partial charge in [-0.3, -0.25) is 4.90 Å². The van der Waals surface area contributed by atoms with Gasteiger partial charge in [0.05, 0.1) is 0 Å². The van der Waals surface area contributed by atoms with Gasteiger partial charge in [0.2, 0.25) is 0 Å². The van der Waals surface area contributed by atoms with Crippen LogP contribution in [0, 0.1) is 17.7 Å². The van der Waals surface area contributed by atoms with E-state index in [0.717, 1.165) is 37.2 Å². The van der Waals surface area contributed by atoms with Gasteiger partial charge in [0.15, 0.2) is 0 Å². The number of hydrogen-bond acceptors (Lipinski definition) is 2. The zero-order chi connectivity index (χ0) is 13.0. The smallest absolute Gasteiger partial charge is 0.123 e. The van der Waals surface area contributed by atoms with E-state index in [1.54, 1.807) is 12.1 Å². The molecule has 2 atom stereocenters. The molecule has 2 unspecified atom stereocenters. The molecule has 1 heterocycles. The summed E-state index contributed by atoms with van der Waals surface area (Å²) < 4.78 is 18.3. The first kappa shape index (κ1) is 13.3. The molecule has 0 aromatic heterocycles. The van der Waals surface area contributed by atoms with E-state index in [1.807, 2.05) is 0 Å². The van der Waals surface area contributed by atoms with Gasteiger partial charge in [0.25, 0.3) is 0 Å². The number of benzene rings is 1. The topological polar surface area (TPSA) is 12.5 Å². The van der Waals surface area contributed by atoms with Crippen LogP contribution >= 0.6 is 0 Å². The first-order valence-corrected chi connectivity index (χ1v) is 6.74. The third-order valence-corrected chi connectivity index (χ3v) is 3.43. The Balaban J connectivity index is 1.73. The predicted molar refractivity (Wildman–Crippen MR) is 71.3 cm³/mol. The van der Waals surface area contributed by atoms with Crippen LogP contribution in [0.2, 0.25) is 0 Å². The molecule has 18 heavy (non-hydrogen) atoms. The van der Waals surface area contributed by atoms with Gasteiger partial charge in [-0.15, -0.1) is 0 Å². The van der Waals surface area contributed by atoms with Gasteiger partial charge in [0.1, 0.15) is 18.2 Å². The molecule has 0 amide bonds. The fourth-order valence-corrected chi connectivity index (χ4v) is 2.80. The summed E-state index contributed by atoms with van der Waals surface area (Å²) >= 11 is 0. The molecule has 0 aliphatic carbocycles. The van der Waals surface area contributed by atoms with Crippen molar-refractivity contribution in [3.05, 3.63) is 30.1 Å². The minimum Gasteiger partial charge on any atom is -0.492 e. The van der Waals surface area contributed by atoms with Crippen molar-refractivity contribution in [2.75, 3.05) is 26.2 Å². The lowest BCUT2D eigenvalue weighted by atomic mass is 9.92. The van der Waals surface area contributed by atoms with E-state index in [9.17, 15) is 4.39 Å². The molecule has 1 aromatic rings. The van der Waals surface area contributed by atoms with Crippen molar-refractivity contribution in [1.82, 2.24) is 4.90 Å². The first-order valence-electron chi connectivity index (χ1n) is 6.74. The lowest BCUT2D eigenvalue weighted by Crippen LogP contribution is -2.40. The summed E-state index contributed by atoms with van der Waals surface area (Å²) in [6.45, 7) is 8.57. The Hall–Kier alpha value is -1.09. The highest BCUT2D eigenvalue weighted by Crippen LogP contribution is 2.20. The van der Waals surface area contributed by atoms with Crippen LogP contribution in [0.3, 0.4) is 0 Å². The standard InChI is InChI=1S/C15H22FNO/c1-12-9-13(2)11-17(10-12)7-8-18-15-5-3-14(16)4-6-15/h3-6,12-13H,7-11H2,1-2H3. The van der Waals surface area contributed by atoms with Crippen molar-refractivity contribution < 1.29 is 9.13 Å². The summed E-state index contributed by atoms with van der Waals surface area (Å²) in [6, 6.07) is 6.22. The average molecular weight is 251 g/mol. The van der Waals surface area contributed by atoms with Crippen molar-refractivity contribution in [2.24, 2.45) is 11.8 Å². The molecule has 100 valence electrons. The Morgan fingerprint density at radius 3 is 2.39 bits per heavy atom. The highest BCUT2D eigenvalue weighted by molar-refractivity contribution is 5.21. The Bertz CT molecular complexity index is 355. The molecule has 1 saturated heterocycles. The van der Waals surface area contributed by atoms with Crippen molar-refractivity contribution in [2.45, 2.75) is 20.3 Å². The minimum atomic E-state index is -0.221. The lowest BCUT2D eigenvalue weighted by molar-refractivity contribution is 0.120. The Morgan fingerprint density at radius 2 is 1.78 bits per heavy atom. The van der Waals surface area contributed by atoms with Gasteiger partial charge in [-0.25, -0.2) is 4.39 Å². The van der Waals surface area contributed by atoms with E-state index in [-0.39, 0.29) is 5.82 Å². The highest BCUT2D eigenvalue weighted by Gasteiger charge is 2.21. The zero-order valence-corrected chi connectivity index (χ0v) is 11.2. The largest absolute Gasteiger partial charge is 0.492 e. The average Bonchev–Trinajstić information content (AvgIpc) is 2.30. The van der Waals surface area contributed by atoms with Crippen LogP contribution in [0.1, 0.15) is 20.3 Å². The predicted octanol–water partition coefficient (Wildman–Crippen LogP) is 3.18. The second kappa shape index (κ2) is 6.19. The van der Waals surface area contributed by atoms with Crippen LogP contribution in [-0.4, -0.2) is 31.1 Å². The molecule has 0 saturated carbocycles. The van der Waals surface area contributed by atoms with Gasteiger partial charge in [0, 0.05) is 19.6 Å². The highest BCUT2D eigenvalue weighted by atomic mass is 19.1. The Morgan fingerprint density at radius 1 is 1.17 bits per heavy atom. The molecular weight excluding hydrogens is 229 g/mol. The molecule has 1 fully saturated rings. The maximum absolute atomic E-state index is 12.7. The van der Waals surface area contributed by atoms with Crippen molar-refractivity contribution >= 4 is 0 Å². The molecule has 0 radical (unpaired) electrons. The number of piperidine rings is 1. The fraction of sp³-hybridized carbons (Fsp3) is 0.600. The summed E-state index contributed by atoms with van der Waals surface area (Å²) in [7, 11) is 0. The molecule has 2 rings (SSSR count). The maximum Gasteiger partial charge on any atom is 0.123 e. The molecule has 0 N–H and O–H groups in total. The minimum absolute atomic E-state index is 0.221. The third-order valence-electron chi connectivity index (χ3n) is 3.43. The Labute approximate surface area is 109 Å². The first-order chi connectivity index (χ1) is 8.63. The van der Waals surface area contributed by atoms with E-state index in [2.05, 4.69) is 18.7 Å². The zero-order valence-electron chi connectivity index (χ0n) is 11.2. The van der Waals surface area contributed by atoms with Gasteiger partial charge in [-0.2, -0.15) is 0 Å². The van der Waals surface area contributed by atoms with Crippen molar-refractivity contribution in [3.63, 3.8) is 0 Å². The quantitative estimate of drug-likeness (QED) is 0.815. The number of halogens is 1. The van der Waals surface area contributed by atoms with Crippen LogP contribution in [0.25, 0.3) is 0 Å². The Kier molecular flexibility index (Phi) is 4.59. The van der Waals surface area contributed by atoms with E-state index in [4.69, 9.17) is 4.74 Å².